The average molecular weight is 280 g/mol. The van der Waals surface area contributed by atoms with Crippen molar-refractivity contribution in [1.82, 2.24) is 4.90 Å². The molecular formula is C14H20N2O2S. The van der Waals surface area contributed by atoms with E-state index >= 15 is 0 Å². The lowest BCUT2D eigenvalue weighted by atomic mass is 10.1. The van der Waals surface area contributed by atoms with E-state index in [9.17, 15) is 9.90 Å². The zero-order valence-corrected chi connectivity index (χ0v) is 11.9. The summed E-state index contributed by atoms with van der Waals surface area (Å²) < 4.78 is 0. The molecule has 0 bridgehead atoms. The minimum Gasteiger partial charge on any atom is -0.393 e. The highest BCUT2D eigenvalue weighted by atomic mass is 32.2. The minimum atomic E-state index is -0.197. The quantitative estimate of drug-likeness (QED) is 0.826. The molecule has 0 atom stereocenters. The summed E-state index contributed by atoms with van der Waals surface area (Å²) in [4.78, 5) is 15.2. The predicted molar refractivity (Wildman–Crippen MR) is 78.5 cm³/mol. The number of amides is 1. The molecule has 0 spiro atoms. The Morgan fingerprint density at radius 1 is 1.47 bits per heavy atom. The van der Waals surface area contributed by atoms with Gasteiger partial charge in [-0.05, 0) is 37.3 Å². The fourth-order valence-electron chi connectivity index (χ4n) is 2.18. The molecule has 0 radical (unpaired) electrons. The van der Waals surface area contributed by atoms with Crippen LogP contribution >= 0.6 is 11.8 Å². The summed E-state index contributed by atoms with van der Waals surface area (Å²) in [6.45, 7) is 1.98. The molecule has 1 heterocycles. The molecule has 1 aromatic rings. The Hall–Kier alpha value is -1.04. The van der Waals surface area contributed by atoms with Gasteiger partial charge >= 0.3 is 0 Å². The molecule has 5 heteroatoms. The first kappa shape index (κ1) is 14.4. The third kappa shape index (κ3) is 4.53. The third-order valence-corrected chi connectivity index (χ3v) is 4.00. The van der Waals surface area contributed by atoms with Gasteiger partial charge in [0.1, 0.15) is 0 Å². The molecule has 1 aliphatic rings. The summed E-state index contributed by atoms with van der Waals surface area (Å²) in [6.07, 6.45) is 3.34. The molecule has 0 aliphatic carbocycles. The van der Waals surface area contributed by atoms with Crippen LogP contribution < -0.4 is 5.32 Å². The Morgan fingerprint density at radius 2 is 2.21 bits per heavy atom. The van der Waals surface area contributed by atoms with Crippen molar-refractivity contribution in [2.75, 3.05) is 31.2 Å². The van der Waals surface area contributed by atoms with Gasteiger partial charge in [0, 0.05) is 23.7 Å². The molecule has 2 rings (SSSR count). The summed E-state index contributed by atoms with van der Waals surface area (Å²) in [6, 6.07) is 7.84. The second kappa shape index (κ2) is 6.93. The van der Waals surface area contributed by atoms with Crippen LogP contribution in [0.25, 0.3) is 0 Å². The van der Waals surface area contributed by atoms with E-state index in [1.165, 1.54) is 0 Å². The second-order valence-corrected chi connectivity index (χ2v) is 5.67. The largest absolute Gasteiger partial charge is 0.393 e. The van der Waals surface area contributed by atoms with Crippen molar-refractivity contribution in [1.29, 1.82) is 0 Å². The number of nitrogens with one attached hydrogen (secondary N) is 1. The minimum absolute atomic E-state index is 0.00893. The van der Waals surface area contributed by atoms with Gasteiger partial charge in [-0.1, -0.05) is 6.07 Å². The van der Waals surface area contributed by atoms with Gasteiger partial charge in [-0.25, -0.2) is 0 Å². The molecule has 2 N–H and O–H groups in total. The second-order valence-electron chi connectivity index (χ2n) is 4.79. The molecule has 0 unspecified atom stereocenters. The number of carbonyl (C=O) groups is 1. The van der Waals surface area contributed by atoms with E-state index in [0.29, 0.717) is 6.54 Å². The van der Waals surface area contributed by atoms with Crippen LogP contribution in [0.1, 0.15) is 12.8 Å². The third-order valence-electron chi connectivity index (χ3n) is 3.28. The number of hydrogen-bond donors (Lipinski definition) is 2. The number of hydrogen-bond acceptors (Lipinski definition) is 4. The summed E-state index contributed by atoms with van der Waals surface area (Å²) in [5.74, 6) is 0.00893. The van der Waals surface area contributed by atoms with E-state index < -0.39 is 0 Å². The van der Waals surface area contributed by atoms with Crippen molar-refractivity contribution in [2.45, 2.75) is 23.8 Å². The van der Waals surface area contributed by atoms with Crippen molar-refractivity contribution < 1.29 is 9.90 Å². The van der Waals surface area contributed by atoms with E-state index in [4.69, 9.17) is 0 Å². The lowest BCUT2D eigenvalue weighted by Gasteiger charge is -2.28. The van der Waals surface area contributed by atoms with E-state index in [1.54, 1.807) is 11.8 Å². The molecule has 0 saturated carbocycles. The fourth-order valence-corrected chi connectivity index (χ4v) is 2.64. The molecule has 4 nitrogen and oxygen atoms in total. The van der Waals surface area contributed by atoms with E-state index in [-0.39, 0.29) is 12.0 Å². The maximum absolute atomic E-state index is 11.9. The molecular weight excluding hydrogens is 260 g/mol. The summed E-state index contributed by atoms with van der Waals surface area (Å²) in [7, 11) is 0. The highest BCUT2D eigenvalue weighted by Gasteiger charge is 2.18. The van der Waals surface area contributed by atoms with Crippen LogP contribution in [-0.2, 0) is 4.79 Å². The van der Waals surface area contributed by atoms with Gasteiger partial charge in [0.2, 0.25) is 5.91 Å². The molecule has 104 valence electrons. The van der Waals surface area contributed by atoms with Crippen molar-refractivity contribution in [3.05, 3.63) is 24.3 Å². The number of anilines is 1. The first-order valence-corrected chi connectivity index (χ1v) is 7.74. The lowest BCUT2D eigenvalue weighted by molar-refractivity contribution is -0.117. The Kier molecular flexibility index (Phi) is 5.24. The summed E-state index contributed by atoms with van der Waals surface area (Å²) in [5.41, 5.74) is 0.842. The summed E-state index contributed by atoms with van der Waals surface area (Å²) in [5, 5.41) is 12.3. The van der Waals surface area contributed by atoms with Crippen molar-refractivity contribution in [3.8, 4) is 0 Å². The number of thioether (sulfide) groups is 1. The Bertz CT molecular complexity index is 431. The number of aliphatic hydroxyl groups is 1. The van der Waals surface area contributed by atoms with Crippen molar-refractivity contribution in [3.63, 3.8) is 0 Å². The molecule has 19 heavy (non-hydrogen) atoms. The van der Waals surface area contributed by atoms with Crippen LogP contribution in [0, 0.1) is 0 Å². The van der Waals surface area contributed by atoms with Gasteiger partial charge in [0.25, 0.3) is 0 Å². The van der Waals surface area contributed by atoms with Gasteiger partial charge in [-0.3, -0.25) is 9.69 Å². The van der Waals surface area contributed by atoms with E-state index in [0.717, 1.165) is 36.5 Å². The first-order chi connectivity index (χ1) is 9.17. The molecule has 0 aromatic heterocycles. The molecule has 1 aromatic carbocycles. The van der Waals surface area contributed by atoms with Crippen LogP contribution in [0.4, 0.5) is 5.69 Å². The fraction of sp³-hybridized carbons (Fsp3) is 0.500. The van der Waals surface area contributed by atoms with Crippen LogP contribution in [0.5, 0.6) is 0 Å². The van der Waals surface area contributed by atoms with Gasteiger partial charge in [-0.15, -0.1) is 11.8 Å². The number of rotatable bonds is 4. The predicted octanol–water partition coefficient (Wildman–Crippen LogP) is 1.80. The average Bonchev–Trinajstić information content (AvgIpc) is 2.41. The van der Waals surface area contributed by atoms with Gasteiger partial charge in [0.05, 0.1) is 12.6 Å². The van der Waals surface area contributed by atoms with Crippen LogP contribution in [0.3, 0.4) is 0 Å². The molecule has 1 amide bonds. The number of nitrogens with zero attached hydrogens (tertiary/aromatic N) is 1. The van der Waals surface area contributed by atoms with Crippen LogP contribution in [-0.4, -0.2) is 47.9 Å². The van der Waals surface area contributed by atoms with Crippen molar-refractivity contribution >= 4 is 23.4 Å². The number of carbonyl (C=O) groups excluding carboxylic acids is 1. The lowest BCUT2D eigenvalue weighted by Crippen LogP contribution is -2.40. The maximum atomic E-state index is 11.9. The molecule has 1 saturated heterocycles. The number of likely N-dealkylation sites (tertiary alicyclic amines) is 1. The van der Waals surface area contributed by atoms with Crippen LogP contribution in [0.2, 0.25) is 0 Å². The maximum Gasteiger partial charge on any atom is 0.238 e. The van der Waals surface area contributed by atoms with E-state index in [1.807, 2.05) is 30.5 Å². The van der Waals surface area contributed by atoms with Crippen molar-refractivity contribution in [2.24, 2.45) is 0 Å². The smallest absolute Gasteiger partial charge is 0.238 e. The number of benzene rings is 1. The van der Waals surface area contributed by atoms with E-state index in [2.05, 4.69) is 10.2 Å². The molecule has 1 fully saturated rings. The van der Waals surface area contributed by atoms with Gasteiger partial charge < -0.3 is 10.4 Å². The Balaban J connectivity index is 1.83. The summed E-state index contributed by atoms with van der Waals surface area (Å²) >= 11 is 1.66. The van der Waals surface area contributed by atoms with Crippen LogP contribution in [0.15, 0.2) is 29.2 Å². The SMILES string of the molecule is CSc1cccc(NC(=O)CN2CCC(O)CC2)c1. The highest BCUT2D eigenvalue weighted by Crippen LogP contribution is 2.19. The number of aliphatic hydroxyl groups excluding tert-OH is 1. The standard InChI is InChI=1S/C14H20N2O2S/c1-19-13-4-2-3-11(9-13)15-14(18)10-16-7-5-12(17)6-8-16/h2-4,9,12,17H,5-8,10H2,1H3,(H,15,18). The highest BCUT2D eigenvalue weighted by molar-refractivity contribution is 7.98. The normalized spacial score (nSPS) is 17.4. The Morgan fingerprint density at radius 3 is 2.89 bits per heavy atom. The monoisotopic (exact) mass is 280 g/mol. The number of piperidine rings is 1. The Labute approximate surface area is 118 Å². The van der Waals surface area contributed by atoms with Gasteiger partial charge in [0.15, 0.2) is 0 Å². The molecule has 1 aliphatic heterocycles. The van der Waals surface area contributed by atoms with Gasteiger partial charge in [-0.2, -0.15) is 0 Å². The first-order valence-electron chi connectivity index (χ1n) is 6.51. The topological polar surface area (TPSA) is 52.6 Å². The zero-order valence-electron chi connectivity index (χ0n) is 11.1. The zero-order chi connectivity index (χ0) is 13.7.